The SMILES string of the molecule is S=C1N[C@H](c2ccccn2)[C@H](c2ccc(-c3ccc(Cl)cc3Cl)o2)N1c1ccc(N2CCOCC2)cc1. The van der Waals surface area contributed by atoms with Crippen LogP contribution in [-0.4, -0.2) is 36.4 Å². The number of hydrogen-bond acceptors (Lipinski definition) is 5. The van der Waals surface area contributed by atoms with Gasteiger partial charge in [0, 0.05) is 41.2 Å². The maximum absolute atomic E-state index is 6.47. The largest absolute Gasteiger partial charge is 0.459 e. The third-order valence-corrected chi connectivity index (χ3v) is 7.58. The summed E-state index contributed by atoms with van der Waals surface area (Å²) < 4.78 is 11.9. The van der Waals surface area contributed by atoms with Crippen LogP contribution in [0.1, 0.15) is 23.5 Å². The number of ether oxygens (including phenoxy) is 1. The molecule has 2 aromatic heterocycles. The highest BCUT2D eigenvalue weighted by Gasteiger charge is 2.42. The molecule has 2 aromatic carbocycles. The Balaban J connectivity index is 1.38. The molecule has 2 fully saturated rings. The predicted octanol–water partition coefficient (Wildman–Crippen LogP) is 6.66. The van der Waals surface area contributed by atoms with E-state index in [9.17, 15) is 0 Å². The molecule has 2 aliphatic heterocycles. The molecule has 0 saturated carbocycles. The van der Waals surface area contributed by atoms with Crippen LogP contribution >= 0.6 is 35.4 Å². The van der Waals surface area contributed by atoms with Gasteiger partial charge in [0.1, 0.15) is 17.6 Å². The van der Waals surface area contributed by atoms with E-state index >= 15 is 0 Å². The van der Waals surface area contributed by atoms with E-state index in [2.05, 4.69) is 44.4 Å². The molecule has 1 N–H and O–H groups in total. The van der Waals surface area contributed by atoms with E-state index in [1.165, 1.54) is 5.69 Å². The molecule has 0 amide bonds. The van der Waals surface area contributed by atoms with Gasteiger partial charge in [-0.2, -0.15) is 0 Å². The van der Waals surface area contributed by atoms with Crippen molar-refractivity contribution >= 4 is 51.9 Å². The van der Waals surface area contributed by atoms with Crippen molar-refractivity contribution in [2.45, 2.75) is 12.1 Å². The second-order valence-electron chi connectivity index (χ2n) is 8.94. The predicted molar refractivity (Wildman–Crippen MR) is 152 cm³/mol. The van der Waals surface area contributed by atoms with Crippen molar-refractivity contribution in [3.63, 3.8) is 0 Å². The summed E-state index contributed by atoms with van der Waals surface area (Å²) in [5, 5.41) is 5.20. The molecule has 0 bridgehead atoms. The van der Waals surface area contributed by atoms with Crippen LogP contribution in [0, 0.1) is 0 Å². The van der Waals surface area contributed by atoms with E-state index in [0.717, 1.165) is 49.0 Å². The lowest BCUT2D eigenvalue weighted by Crippen LogP contribution is -2.36. The molecule has 2 saturated heterocycles. The molecule has 9 heteroatoms. The van der Waals surface area contributed by atoms with Crippen LogP contribution in [0.15, 0.2) is 83.4 Å². The van der Waals surface area contributed by atoms with Gasteiger partial charge in [0.05, 0.1) is 30.0 Å². The Morgan fingerprint density at radius 3 is 2.43 bits per heavy atom. The monoisotopic (exact) mass is 550 g/mol. The molecule has 2 aliphatic rings. The quantitative estimate of drug-likeness (QED) is 0.279. The van der Waals surface area contributed by atoms with Crippen molar-refractivity contribution in [2.75, 3.05) is 36.1 Å². The minimum Gasteiger partial charge on any atom is -0.459 e. The molecular weight excluding hydrogens is 527 g/mol. The summed E-state index contributed by atoms with van der Waals surface area (Å²) in [4.78, 5) is 9.05. The normalized spacial score (nSPS) is 19.8. The maximum Gasteiger partial charge on any atom is 0.174 e. The minimum atomic E-state index is -0.253. The summed E-state index contributed by atoms with van der Waals surface area (Å²) in [6, 6.07) is 23.2. The number of thiocarbonyl (C=S) groups is 1. The van der Waals surface area contributed by atoms with Gasteiger partial charge >= 0.3 is 0 Å². The van der Waals surface area contributed by atoms with Gasteiger partial charge in [-0.15, -0.1) is 0 Å². The fourth-order valence-electron chi connectivity index (χ4n) is 4.91. The molecule has 188 valence electrons. The standard InChI is InChI=1S/C28H24Cl2N4O2S/c29-18-4-9-21(22(30)17-18)24-10-11-25(36-24)27-26(23-3-1-2-12-31-23)32-28(37)34(27)20-7-5-19(6-8-20)33-13-15-35-16-14-33/h1-12,17,26-27H,13-16H2,(H,32,37)/t26-,27+/m1/s1. The second-order valence-corrected chi connectivity index (χ2v) is 10.2. The number of pyridine rings is 1. The van der Waals surface area contributed by atoms with E-state index in [1.54, 1.807) is 18.3 Å². The number of morpholine rings is 1. The molecule has 37 heavy (non-hydrogen) atoms. The first-order valence-corrected chi connectivity index (χ1v) is 13.2. The number of halogens is 2. The van der Waals surface area contributed by atoms with E-state index in [4.69, 9.17) is 44.6 Å². The average molecular weight is 551 g/mol. The Morgan fingerprint density at radius 1 is 0.919 bits per heavy atom. The highest BCUT2D eigenvalue weighted by molar-refractivity contribution is 7.80. The van der Waals surface area contributed by atoms with Gasteiger partial charge in [0.15, 0.2) is 5.11 Å². The zero-order chi connectivity index (χ0) is 25.4. The van der Waals surface area contributed by atoms with E-state index in [0.29, 0.717) is 20.9 Å². The molecule has 0 radical (unpaired) electrons. The van der Waals surface area contributed by atoms with Crippen LogP contribution < -0.4 is 15.1 Å². The number of anilines is 2. The van der Waals surface area contributed by atoms with Crippen molar-refractivity contribution in [2.24, 2.45) is 0 Å². The molecule has 0 aliphatic carbocycles. The molecule has 0 unspecified atom stereocenters. The summed E-state index contributed by atoms with van der Waals surface area (Å²) in [6.07, 6.45) is 1.79. The van der Waals surface area contributed by atoms with Crippen molar-refractivity contribution in [1.29, 1.82) is 0 Å². The van der Waals surface area contributed by atoms with Gasteiger partial charge in [0.25, 0.3) is 0 Å². The summed E-state index contributed by atoms with van der Waals surface area (Å²) in [5.41, 5.74) is 3.80. The molecule has 4 aromatic rings. The number of nitrogens with zero attached hydrogens (tertiary/aromatic N) is 3. The summed E-state index contributed by atoms with van der Waals surface area (Å²) in [7, 11) is 0. The number of benzene rings is 2. The van der Waals surface area contributed by atoms with Crippen molar-refractivity contribution in [3.05, 3.63) is 100 Å². The van der Waals surface area contributed by atoms with E-state index in [-0.39, 0.29) is 12.1 Å². The zero-order valence-corrected chi connectivity index (χ0v) is 22.1. The van der Waals surface area contributed by atoms with Crippen LogP contribution in [0.2, 0.25) is 10.0 Å². The van der Waals surface area contributed by atoms with Gasteiger partial charge in [-0.1, -0.05) is 29.3 Å². The van der Waals surface area contributed by atoms with Crippen molar-refractivity contribution < 1.29 is 9.15 Å². The Kier molecular flexibility index (Phi) is 6.78. The third kappa shape index (κ3) is 4.80. The van der Waals surface area contributed by atoms with Gasteiger partial charge in [-0.3, -0.25) is 4.98 Å². The molecule has 6 nitrogen and oxygen atoms in total. The molecule has 2 atom stereocenters. The van der Waals surface area contributed by atoms with Crippen LogP contribution in [0.25, 0.3) is 11.3 Å². The first-order chi connectivity index (χ1) is 18.1. The highest BCUT2D eigenvalue weighted by Crippen LogP contribution is 2.44. The third-order valence-electron chi connectivity index (χ3n) is 6.72. The first kappa shape index (κ1) is 24.2. The summed E-state index contributed by atoms with van der Waals surface area (Å²) >= 11 is 18.4. The lowest BCUT2D eigenvalue weighted by atomic mass is 10.0. The molecular formula is C28H24Cl2N4O2S. The number of nitrogens with one attached hydrogen (secondary N) is 1. The highest BCUT2D eigenvalue weighted by atomic mass is 35.5. The van der Waals surface area contributed by atoms with Crippen molar-refractivity contribution in [3.8, 4) is 11.3 Å². The van der Waals surface area contributed by atoms with E-state index < -0.39 is 0 Å². The van der Waals surface area contributed by atoms with Gasteiger partial charge < -0.3 is 24.3 Å². The van der Waals surface area contributed by atoms with Crippen LogP contribution in [0.4, 0.5) is 11.4 Å². The average Bonchev–Trinajstić information content (AvgIpc) is 3.54. The topological polar surface area (TPSA) is 53.8 Å². The van der Waals surface area contributed by atoms with Crippen LogP contribution in [-0.2, 0) is 4.74 Å². The lowest BCUT2D eigenvalue weighted by molar-refractivity contribution is 0.122. The first-order valence-electron chi connectivity index (χ1n) is 12.1. The number of hydrogen-bond donors (Lipinski definition) is 1. The minimum absolute atomic E-state index is 0.202. The van der Waals surface area contributed by atoms with Gasteiger partial charge in [-0.05, 0) is 78.9 Å². The Hall–Kier alpha value is -3.10. The fourth-order valence-corrected chi connectivity index (χ4v) is 5.76. The molecule has 6 rings (SSSR count). The summed E-state index contributed by atoms with van der Waals surface area (Å²) in [6.45, 7) is 3.26. The smallest absolute Gasteiger partial charge is 0.174 e. The Labute approximate surface area is 230 Å². The van der Waals surface area contributed by atoms with Gasteiger partial charge in [0.2, 0.25) is 0 Å². The van der Waals surface area contributed by atoms with Gasteiger partial charge in [-0.25, -0.2) is 0 Å². The van der Waals surface area contributed by atoms with E-state index in [1.807, 2.05) is 36.4 Å². The maximum atomic E-state index is 6.47. The second kappa shape index (κ2) is 10.3. The zero-order valence-electron chi connectivity index (χ0n) is 19.8. The molecule has 0 spiro atoms. The van der Waals surface area contributed by atoms with Crippen molar-refractivity contribution in [1.82, 2.24) is 10.3 Å². The van der Waals surface area contributed by atoms with Crippen LogP contribution in [0.5, 0.6) is 0 Å². The lowest BCUT2D eigenvalue weighted by Gasteiger charge is -2.30. The Morgan fingerprint density at radius 2 is 1.70 bits per heavy atom. The number of furan rings is 1. The summed E-state index contributed by atoms with van der Waals surface area (Å²) in [5.74, 6) is 1.41. The molecule has 4 heterocycles. The fraction of sp³-hybridized carbons (Fsp3) is 0.214. The number of rotatable bonds is 5. The number of aromatic nitrogens is 1. The van der Waals surface area contributed by atoms with Crippen LogP contribution in [0.3, 0.4) is 0 Å². The Bertz CT molecular complexity index is 1410.